The number of para-hydroxylation sites is 2. The summed E-state index contributed by atoms with van der Waals surface area (Å²) in [7, 11) is 0. The molecule has 0 spiro atoms. The lowest BCUT2D eigenvalue weighted by Gasteiger charge is -2.43. The van der Waals surface area contributed by atoms with Crippen LogP contribution in [0.5, 0.6) is 17.5 Å². The Labute approximate surface area is 139 Å². The zero-order chi connectivity index (χ0) is 17.3. The lowest BCUT2D eigenvalue weighted by molar-refractivity contribution is -0.139. The van der Waals surface area contributed by atoms with Gasteiger partial charge in [-0.05, 0) is 19.1 Å². The number of carbonyl (C=O) groups is 1. The molecule has 2 aromatic rings. The molecule has 128 valence electrons. The number of hydrogen-bond donors (Lipinski definition) is 3. The smallest absolute Gasteiger partial charge is 0.307 e. The molecule has 0 fully saturated rings. The van der Waals surface area contributed by atoms with E-state index in [0.717, 1.165) is 5.69 Å². The van der Waals surface area contributed by atoms with E-state index in [1.54, 1.807) is 0 Å². The highest BCUT2D eigenvalue weighted by Crippen LogP contribution is 2.38. The Hall–Kier alpha value is -2.83. The minimum absolute atomic E-state index is 0.0727. The Morgan fingerprint density at radius 1 is 1.17 bits per heavy atom. The van der Waals surface area contributed by atoms with Gasteiger partial charge in [0.1, 0.15) is 11.9 Å². The van der Waals surface area contributed by atoms with Crippen molar-refractivity contribution in [2.75, 3.05) is 11.4 Å². The number of nitrogens with zero attached hydrogens (tertiary/aromatic N) is 2. The van der Waals surface area contributed by atoms with Gasteiger partial charge < -0.3 is 25.0 Å². The molecule has 7 nitrogen and oxygen atoms in total. The van der Waals surface area contributed by atoms with Crippen LogP contribution in [0.4, 0.5) is 5.69 Å². The summed E-state index contributed by atoms with van der Waals surface area (Å²) in [4.78, 5) is 13.3. The van der Waals surface area contributed by atoms with Gasteiger partial charge >= 0.3 is 5.97 Å². The van der Waals surface area contributed by atoms with Crippen molar-refractivity contribution in [2.24, 2.45) is 0 Å². The first-order valence-corrected chi connectivity index (χ1v) is 7.82. The molecule has 3 N–H and O–H groups in total. The number of aliphatic carboxylic acids is 1. The second-order valence-electron chi connectivity index (χ2n) is 5.74. The molecule has 0 saturated carbocycles. The lowest BCUT2D eigenvalue weighted by Crippen LogP contribution is -2.52. The second-order valence-corrected chi connectivity index (χ2v) is 5.74. The molecule has 3 rings (SSSR count). The Balaban J connectivity index is 1.99. The lowest BCUT2D eigenvalue weighted by atomic mass is 10.0. The molecular formula is C17H20N2O5. The minimum atomic E-state index is -0.957. The average molecular weight is 332 g/mol. The SMILES string of the molecule is CCN1c2ccccc2OC(CC(=O)O)C1Cn1c(O)ccc1O. The highest BCUT2D eigenvalue weighted by Gasteiger charge is 2.37. The number of likely N-dealkylation sites (N-methyl/N-ethyl adjacent to an activating group) is 1. The molecule has 24 heavy (non-hydrogen) atoms. The maximum absolute atomic E-state index is 11.3. The molecule has 2 unspecified atom stereocenters. The van der Waals surface area contributed by atoms with E-state index in [0.29, 0.717) is 12.3 Å². The summed E-state index contributed by atoms with van der Waals surface area (Å²) in [5, 5.41) is 29.0. The first-order chi connectivity index (χ1) is 11.5. The average Bonchev–Trinajstić information content (AvgIpc) is 2.86. The summed E-state index contributed by atoms with van der Waals surface area (Å²) in [6.45, 7) is 2.83. The van der Waals surface area contributed by atoms with Crippen LogP contribution in [0.2, 0.25) is 0 Å². The van der Waals surface area contributed by atoms with E-state index in [1.807, 2.05) is 36.1 Å². The maximum Gasteiger partial charge on any atom is 0.307 e. The van der Waals surface area contributed by atoms with E-state index in [9.17, 15) is 20.1 Å². The molecule has 0 saturated heterocycles. The molecule has 2 heterocycles. The van der Waals surface area contributed by atoms with Crippen molar-refractivity contribution in [3.63, 3.8) is 0 Å². The molecule has 1 aliphatic rings. The predicted octanol–water partition coefficient (Wildman–Crippen LogP) is 2.03. The van der Waals surface area contributed by atoms with E-state index in [4.69, 9.17) is 4.74 Å². The second kappa shape index (κ2) is 6.35. The van der Waals surface area contributed by atoms with Crippen molar-refractivity contribution in [1.29, 1.82) is 0 Å². The van der Waals surface area contributed by atoms with E-state index >= 15 is 0 Å². The Kier molecular flexibility index (Phi) is 4.24. The number of hydrogen-bond acceptors (Lipinski definition) is 5. The van der Waals surface area contributed by atoms with Crippen LogP contribution in [0.15, 0.2) is 36.4 Å². The largest absolute Gasteiger partial charge is 0.494 e. The third-order valence-electron chi connectivity index (χ3n) is 4.30. The Bertz CT molecular complexity index is 723. The van der Waals surface area contributed by atoms with Crippen molar-refractivity contribution in [3.05, 3.63) is 36.4 Å². The summed E-state index contributed by atoms with van der Waals surface area (Å²) in [5.41, 5.74) is 0.873. The highest BCUT2D eigenvalue weighted by atomic mass is 16.5. The molecule has 0 amide bonds. The van der Waals surface area contributed by atoms with Gasteiger partial charge in [-0.3, -0.25) is 9.36 Å². The fraction of sp³-hybridized carbons (Fsp3) is 0.353. The maximum atomic E-state index is 11.3. The first-order valence-electron chi connectivity index (χ1n) is 7.82. The Morgan fingerprint density at radius 2 is 1.83 bits per heavy atom. The van der Waals surface area contributed by atoms with Gasteiger partial charge in [0.15, 0.2) is 11.8 Å². The minimum Gasteiger partial charge on any atom is -0.494 e. The molecular weight excluding hydrogens is 312 g/mol. The number of anilines is 1. The zero-order valence-electron chi connectivity index (χ0n) is 13.3. The number of benzene rings is 1. The van der Waals surface area contributed by atoms with Crippen LogP contribution < -0.4 is 9.64 Å². The third kappa shape index (κ3) is 2.84. The van der Waals surface area contributed by atoms with Gasteiger partial charge in [-0.25, -0.2) is 0 Å². The fourth-order valence-electron chi connectivity index (χ4n) is 3.21. The van der Waals surface area contributed by atoms with Crippen LogP contribution in [0, 0.1) is 0 Å². The van der Waals surface area contributed by atoms with Crippen LogP contribution in [0.3, 0.4) is 0 Å². The van der Waals surface area contributed by atoms with Gasteiger partial charge in [0.05, 0.1) is 24.7 Å². The van der Waals surface area contributed by atoms with E-state index in [2.05, 4.69) is 0 Å². The number of aromatic nitrogens is 1. The molecule has 1 aromatic heterocycles. The summed E-state index contributed by atoms with van der Waals surface area (Å²) in [5.74, 6) is -0.461. The fourth-order valence-corrected chi connectivity index (χ4v) is 3.21. The summed E-state index contributed by atoms with van der Waals surface area (Å²) in [6, 6.07) is 9.92. The molecule has 0 aliphatic carbocycles. The molecule has 1 aromatic carbocycles. The monoisotopic (exact) mass is 332 g/mol. The number of ether oxygens (including phenoxy) is 1. The number of aromatic hydroxyl groups is 2. The van der Waals surface area contributed by atoms with Gasteiger partial charge in [0, 0.05) is 18.7 Å². The van der Waals surface area contributed by atoms with Crippen LogP contribution in [0.1, 0.15) is 13.3 Å². The van der Waals surface area contributed by atoms with Crippen molar-refractivity contribution >= 4 is 11.7 Å². The standard InChI is InChI=1S/C17H20N2O5/c1-2-18-11-5-3-4-6-13(11)24-14(9-17(22)23)12(18)10-19-15(20)7-8-16(19)21/h3-8,12,14,20-21H,2,9-10H2,1H3,(H,22,23). The van der Waals surface area contributed by atoms with Gasteiger partial charge in [-0.15, -0.1) is 0 Å². The summed E-state index contributed by atoms with van der Waals surface area (Å²) < 4.78 is 7.26. The number of rotatable bonds is 5. The van der Waals surface area contributed by atoms with E-state index in [1.165, 1.54) is 16.7 Å². The van der Waals surface area contributed by atoms with Gasteiger partial charge in [0.25, 0.3) is 0 Å². The Morgan fingerprint density at radius 3 is 2.46 bits per heavy atom. The predicted molar refractivity (Wildman–Crippen MR) is 87.7 cm³/mol. The van der Waals surface area contributed by atoms with Crippen LogP contribution >= 0.6 is 0 Å². The van der Waals surface area contributed by atoms with Gasteiger partial charge in [-0.2, -0.15) is 0 Å². The summed E-state index contributed by atoms with van der Waals surface area (Å²) in [6.07, 6.45) is -0.767. The van der Waals surface area contributed by atoms with Crippen molar-refractivity contribution in [3.8, 4) is 17.5 Å². The van der Waals surface area contributed by atoms with Crippen LogP contribution in [-0.4, -0.2) is 44.5 Å². The van der Waals surface area contributed by atoms with Gasteiger partial charge in [0.2, 0.25) is 0 Å². The molecule has 0 radical (unpaired) electrons. The topological polar surface area (TPSA) is 95.2 Å². The quantitative estimate of drug-likeness (QED) is 0.775. The number of fused-ring (bicyclic) bond motifs is 1. The van der Waals surface area contributed by atoms with Gasteiger partial charge in [-0.1, -0.05) is 12.1 Å². The number of carboxylic acids is 1. The van der Waals surface area contributed by atoms with E-state index in [-0.39, 0.29) is 30.8 Å². The molecule has 0 bridgehead atoms. The first kappa shape index (κ1) is 16.0. The molecule has 2 atom stereocenters. The van der Waals surface area contributed by atoms with Crippen LogP contribution in [0.25, 0.3) is 0 Å². The van der Waals surface area contributed by atoms with Crippen LogP contribution in [-0.2, 0) is 11.3 Å². The van der Waals surface area contributed by atoms with Crippen molar-refractivity contribution < 1.29 is 24.9 Å². The molecule has 7 heteroatoms. The highest BCUT2D eigenvalue weighted by molar-refractivity contribution is 5.69. The van der Waals surface area contributed by atoms with Crippen molar-refractivity contribution in [2.45, 2.75) is 32.0 Å². The zero-order valence-corrected chi connectivity index (χ0v) is 13.3. The number of carboxylic acid groups (broad SMARTS) is 1. The molecule has 1 aliphatic heterocycles. The summed E-state index contributed by atoms with van der Waals surface area (Å²) >= 11 is 0. The van der Waals surface area contributed by atoms with Crippen molar-refractivity contribution in [1.82, 2.24) is 4.57 Å². The van der Waals surface area contributed by atoms with E-state index < -0.39 is 12.1 Å². The third-order valence-corrected chi connectivity index (χ3v) is 4.30. The normalized spacial score (nSPS) is 19.6.